The Morgan fingerprint density at radius 3 is 1.71 bits per heavy atom. The van der Waals surface area contributed by atoms with Gasteiger partial charge >= 0.3 is 24.1 Å². The minimum absolute atomic E-state index is 0.0782. The number of aliphatic hydroxyl groups is 2. The zero-order valence-corrected chi connectivity index (χ0v) is 43.2. The first-order valence-corrected chi connectivity index (χ1v) is 25.1. The van der Waals surface area contributed by atoms with Crippen LogP contribution in [0.4, 0.5) is 9.59 Å². The Labute approximate surface area is 390 Å². The second-order valence-electron chi connectivity index (χ2n) is 25.7. The number of fused-ring (bicyclic) bond motifs is 2. The van der Waals surface area contributed by atoms with Crippen molar-refractivity contribution in [3.05, 3.63) is 0 Å². The minimum atomic E-state index is -1.01. The average molecular weight is 917 g/mol. The lowest BCUT2D eigenvalue weighted by Gasteiger charge is -2.64. The third-order valence-corrected chi connectivity index (χ3v) is 18.5. The summed E-state index contributed by atoms with van der Waals surface area (Å²) in [6, 6.07) is -1.88. The number of nitrogens with one attached hydrogen (secondary N) is 2. The molecule has 0 bridgehead atoms. The van der Waals surface area contributed by atoms with Crippen LogP contribution < -0.4 is 10.6 Å². The van der Waals surface area contributed by atoms with E-state index in [9.17, 15) is 29.4 Å². The first-order chi connectivity index (χ1) is 29.6. The summed E-state index contributed by atoms with van der Waals surface area (Å²) in [7, 11) is 0. The smallest absolute Gasteiger partial charge is 0.408 e. The third kappa shape index (κ3) is 9.07. The summed E-state index contributed by atoms with van der Waals surface area (Å²) in [4.78, 5) is 55.5. The molecular formula is C52H88N2O11. The van der Waals surface area contributed by atoms with E-state index in [1.165, 1.54) is 0 Å². The molecular weight excluding hydrogens is 829 g/mol. The molecule has 2 spiro atoms. The lowest BCUT2D eigenvalue weighted by Crippen LogP contribution is -2.63. The lowest BCUT2D eigenvalue weighted by molar-refractivity contribution is -0.226. The molecule has 6 aliphatic rings. The number of alkyl carbamates (subject to hydrolysis) is 2. The molecule has 2 amide bonds. The first kappa shape index (κ1) is 51.7. The average Bonchev–Trinajstić information content (AvgIpc) is 3.52. The molecule has 5 saturated carbocycles. The largest absolute Gasteiger partial charge is 0.460 e. The molecule has 5 unspecified atom stereocenters. The van der Waals surface area contributed by atoms with Gasteiger partial charge in [-0.2, -0.15) is 0 Å². The molecule has 1 heterocycles. The lowest BCUT2D eigenvalue weighted by atomic mass is 9.41. The Morgan fingerprint density at radius 2 is 1.23 bits per heavy atom. The van der Waals surface area contributed by atoms with Crippen molar-refractivity contribution < 1.29 is 53.1 Å². The van der Waals surface area contributed by atoms with Crippen LogP contribution in [0.1, 0.15) is 188 Å². The number of carbonyl (C=O) groups excluding carboxylic acids is 4. The van der Waals surface area contributed by atoms with Gasteiger partial charge in [0.15, 0.2) is 0 Å². The highest BCUT2D eigenvalue weighted by atomic mass is 16.6. The number of carbonyl (C=O) groups is 4. The van der Waals surface area contributed by atoms with E-state index in [-0.39, 0.29) is 57.4 Å². The Hall–Kier alpha value is -2.64. The van der Waals surface area contributed by atoms with Gasteiger partial charge in [-0.15, -0.1) is 0 Å². The highest BCUT2D eigenvalue weighted by Crippen LogP contribution is 2.89. The molecule has 13 nitrogen and oxygen atoms in total. The summed E-state index contributed by atoms with van der Waals surface area (Å²) < 4.78 is 31.5. The number of hydrogen-bond acceptors (Lipinski definition) is 11. The summed E-state index contributed by atoms with van der Waals surface area (Å²) in [6.07, 6.45) is 4.64. The van der Waals surface area contributed by atoms with Crippen molar-refractivity contribution in [1.82, 2.24) is 10.6 Å². The van der Waals surface area contributed by atoms with Gasteiger partial charge in [0.1, 0.15) is 35.5 Å². The molecule has 0 aromatic rings. The van der Waals surface area contributed by atoms with Crippen LogP contribution in [-0.2, 0) is 33.3 Å². The maximum absolute atomic E-state index is 14.8. The molecule has 0 radical (unpaired) electrons. The Bertz CT molecular complexity index is 1820. The third-order valence-electron chi connectivity index (χ3n) is 18.5. The van der Waals surface area contributed by atoms with E-state index in [0.29, 0.717) is 32.1 Å². The fourth-order valence-corrected chi connectivity index (χ4v) is 15.1. The molecule has 6 rings (SSSR count). The van der Waals surface area contributed by atoms with Crippen LogP contribution in [0, 0.1) is 56.7 Å². The highest BCUT2D eigenvalue weighted by Gasteiger charge is 2.85. The Balaban J connectivity index is 1.37. The van der Waals surface area contributed by atoms with Gasteiger partial charge in [0, 0.05) is 17.3 Å². The number of hydrogen-bond donors (Lipinski definition) is 4. The molecule has 65 heavy (non-hydrogen) atoms. The molecule has 1 aliphatic heterocycles. The number of aliphatic hydroxyl groups excluding tert-OH is 1. The van der Waals surface area contributed by atoms with E-state index < -0.39 is 82.3 Å². The predicted octanol–water partition coefficient (Wildman–Crippen LogP) is 9.42. The van der Waals surface area contributed by atoms with Gasteiger partial charge in [-0.25, -0.2) is 19.2 Å². The monoisotopic (exact) mass is 917 g/mol. The van der Waals surface area contributed by atoms with Crippen molar-refractivity contribution in [2.75, 3.05) is 0 Å². The Kier molecular flexibility index (Phi) is 13.6. The van der Waals surface area contributed by atoms with Crippen molar-refractivity contribution in [2.45, 2.75) is 247 Å². The molecule has 372 valence electrons. The minimum Gasteiger partial charge on any atom is -0.460 e. The van der Waals surface area contributed by atoms with E-state index in [0.717, 1.165) is 38.5 Å². The van der Waals surface area contributed by atoms with Gasteiger partial charge < -0.3 is 44.5 Å². The highest BCUT2D eigenvalue weighted by molar-refractivity contribution is 5.82. The summed E-state index contributed by atoms with van der Waals surface area (Å²) in [5.41, 5.74) is -4.78. The van der Waals surface area contributed by atoms with E-state index in [1.54, 1.807) is 55.4 Å². The van der Waals surface area contributed by atoms with Crippen LogP contribution in [0.25, 0.3) is 0 Å². The molecule has 5 aliphatic carbocycles. The normalized spacial score (nSPS) is 40.3. The topological polar surface area (TPSA) is 179 Å². The first-order valence-electron chi connectivity index (χ1n) is 25.1. The van der Waals surface area contributed by atoms with Gasteiger partial charge in [-0.05, 0) is 160 Å². The van der Waals surface area contributed by atoms with Gasteiger partial charge in [-0.1, -0.05) is 68.2 Å². The number of ether oxygens (including phenoxy) is 5. The zero-order chi connectivity index (χ0) is 48.9. The molecule has 0 aromatic heterocycles. The summed E-state index contributed by atoms with van der Waals surface area (Å²) >= 11 is 0. The number of esters is 2. The maximum Gasteiger partial charge on any atom is 0.408 e. The van der Waals surface area contributed by atoms with E-state index in [1.807, 2.05) is 27.7 Å². The molecule has 16 atom stereocenters. The Morgan fingerprint density at radius 1 is 0.708 bits per heavy atom. The fourth-order valence-electron chi connectivity index (χ4n) is 15.1. The second-order valence-corrected chi connectivity index (χ2v) is 25.7. The second kappa shape index (κ2) is 17.1. The standard InChI is InChI=1S/C52H88N2O11/c1-18-29(3)36(53-42(58)64-44(5,6)7)40(56)61-32-26-33-49(16)27-31(55)38(50(17)22-20-35(63-50)47(13,14)60)48(49,15)24-25-51(33)28-52(51)23-21-34(46(11,12)39(32)52)62-41(57)37(30(4)19-2)54-43(59)65-45(8,9)10/h29-39,55,60H,18-28H2,1-17H3,(H,53,58)(H,54,59)/t29-,30?,31+,32+,33?,34+,35+,36?,37+,38+,39+,48-,49+,50-,51?,52?/m1/s1. The zero-order valence-electron chi connectivity index (χ0n) is 43.2. The van der Waals surface area contributed by atoms with E-state index >= 15 is 0 Å². The van der Waals surface area contributed by atoms with Crippen LogP contribution in [0.2, 0.25) is 0 Å². The molecule has 6 fully saturated rings. The van der Waals surface area contributed by atoms with Gasteiger partial charge in [0.2, 0.25) is 0 Å². The van der Waals surface area contributed by atoms with Gasteiger partial charge in [-0.3, -0.25) is 0 Å². The predicted molar refractivity (Wildman–Crippen MR) is 247 cm³/mol. The van der Waals surface area contributed by atoms with Crippen LogP contribution >= 0.6 is 0 Å². The van der Waals surface area contributed by atoms with Crippen LogP contribution in [0.3, 0.4) is 0 Å². The van der Waals surface area contributed by atoms with Crippen molar-refractivity contribution in [1.29, 1.82) is 0 Å². The van der Waals surface area contributed by atoms with E-state index in [2.05, 4.69) is 45.3 Å². The van der Waals surface area contributed by atoms with Crippen LogP contribution in [0.15, 0.2) is 0 Å². The molecule has 1 saturated heterocycles. The van der Waals surface area contributed by atoms with Gasteiger partial charge in [0.25, 0.3) is 0 Å². The summed E-state index contributed by atoms with van der Waals surface area (Å²) in [5, 5.41) is 29.1. The van der Waals surface area contributed by atoms with Crippen molar-refractivity contribution in [3.8, 4) is 0 Å². The maximum atomic E-state index is 14.8. The van der Waals surface area contributed by atoms with Crippen molar-refractivity contribution in [2.24, 2.45) is 56.7 Å². The summed E-state index contributed by atoms with van der Waals surface area (Å²) in [6.45, 7) is 33.3. The number of rotatable bonds is 12. The van der Waals surface area contributed by atoms with Crippen LogP contribution in [-0.4, -0.2) is 93.2 Å². The molecule has 13 heteroatoms. The van der Waals surface area contributed by atoms with Crippen molar-refractivity contribution in [3.63, 3.8) is 0 Å². The molecule has 0 aromatic carbocycles. The van der Waals surface area contributed by atoms with Gasteiger partial charge in [0.05, 0.1) is 23.4 Å². The van der Waals surface area contributed by atoms with Crippen molar-refractivity contribution >= 4 is 24.1 Å². The fraction of sp³-hybridized carbons (Fsp3) is 0.923. The molecule has 4 N–H and O–H groups in total. The van der Waals surface area contributed by atoms with E-state index in [4.69, 9.17) is 23.7 Å². The summed E-state index contributed by atoms with van der Waals surface area (Å²) in [5.74, 6) is -1.75. The quantitative estimate of drug-likeness (QED) is 0.108. The number of amides is 2. The SMILES string of the molecule is CCC(C)[C@H](NC(=O)OC(C)(C)C)C(=O)O[C@H]1CCC23CC24CC[C@]2(C)[C@@H]([C@@]5(C)CC[C@@H](C(C)(C)O)O5)[C@@H](O)C[C@@]2(C)C4C[C@H](OC(=O)C(NC(=O)OC(C)(C)C)[C@H](C)CC)[C@H]3C1(C)C. The van der Waals surface area contributed by atoms with Crippen LogP contribution in [0.5, 0.6) is 0 Å².